The van der Waals surface area contributed by atoms with Gasteiger partial charge < -0.3 is 15.4 Å². The average Bonchev–Trinajstić information content (AvgIpc) is 2.98. The molecule has 1 aromatic carbocycles. The van der Waals surface area contributed by atoms with Crippen LogP contribution in [0.3, 0.4) is 0 Å². The molecule has 20 heavy (non-hydrogen) atoms. The summed E-state index contributed by atoms with van der Waals surface area (Å²) < 4.78 is 5.18. The molecule has 1 aliphatic rings. The van der Waals surface area contributed by atoms with E-state index in [-0.39, 0.29) is 5.91 Å². The van der Waals surface area contributed by atoms with Crippen molar-refractivity contribution in [2.45, 2.75) is 31.7 Å². The van der Waals surface area contributed by atoms with Crippen LogP contribution in [0.15, 0.2) is 30.9 Å². The van der Waals surface area contributed by atoms with Gasteiger partial charge in [-0.05, 0) is 31.0 Å². The Labute approximate surface area is 120 Å². The van der Waals surface area contributed by atoms with E-state index >= 15 is 0 Å². The fourth-order valence-electron chi connectivity index (χ4n) is 2.76. The lowest BCUT2D eigenvalue weighted by molar-refractivity contribution is 0.0707. The van der Waals surface area contributed by atoms with E-state index in [4.69, 9.17) is 10.5 Å². The summed E-state index contributed by atoms with van der Waals surface area (Å²) in [7, 11) is 1.58. The zero-order valence-electron chi connectivity index (χ0n) is 12.0. The van der Waals surface area contributed by atoms with E-state index in [2.05, 4.69) is 6.58 Å². The highest BCUT2D eigenvalue weighted by molar-refractivity contribution is 5.99. The van der Waals surface area contributed by atoms with Crippen molar-refractivity contribution in [1.29, 1.82) is 0 Å². The summed E-state index contributed by atoms with van der Waals surface area (Å²) in [6.45, 7) is 4.31. The Balaban J connectivity index is 2.28. The molecule has 0 saturated heterocycles. The van der Waals surface area contributed by atoms with Crippen molar-refractivity contribution in [2.75, 3.05) is 19.4 Å². The van der Waals surface area contributed by atoms with E-state index in [9.17, 15) is 4.79 Å². The highest BCUT2D eigenvalue weighted by Crippen LogP contribution is 2.27. The fourth-order valence-corrected chi connectivity index (χ4v) is 2.76. The number of nitrogens with two attached hydrogens (primary N) is 1. The number of rotatable bonds is 5. The molecule has 108 valence electrons. The smallest absolute Gasteiger partial charge is 0.256 e. The summed E-state index contributed by atoms with van der Waals surface area (Å²) in [5, 5.41) is 0. The average molecular weight is 274 g/mol. The second-order valence-electron chi connectivity index (χ2n) is 5.14. The number of hydrogen-bond acceptors (Lipinski definition) is 3. The predicted octanol–water partition coefficient (Wildman–Crippen LogP) is 2.85. The predicted molar refractivity (Wildman–Crippen MR) is 80.9 cm³/mol. The molecule has 1 amide bonds. The van der Waals surface area contributed by atoms with Crippen LogP contribution in [0.4, 0.5) is 5.69 Å². The fraction of sp³-hybridized carbons (Fsp3) is 0.438. The van der Waals surface area contributed by atoms with Crippen molar-refractivity contribution in [2.24, 2.45) is 0 Å². The maximum atomic E-state index is 12.8. The van der Waals surface area contributed by atoms with Gasteiger partial charge in [0, 0.05) is 18.3 Å². The van der Waals surface area contributed by atoms with Crippen molar-refractivity contribution in [3.63, 3.8) is 0 Å². The number of carbonyl (C=O) groups excluding carboxylic acids is 1. The summed E-state index contributed by atoms with van der Waals surface area (Å²) in [5.74, 6) is 0.612. The van der Waals surface area contributed by atoms with Crippen molar-refractivity contribution in [3.8, 4) is 5.75 Å². The van der Waals surface area contributed by atoms with Crippen molar-refractivity contribution in [3.05, 3.63) is 36.4 Å². The molecule has 0 aromatic heterocycles. The number of methoxy groups -OCH3 is 1. The van der Waals surface area contributed by atoms with Crippen LogP contribution in [0.2, 0.25) is 0 Å². The van der Waals surface area contributed by atoms with Gasteiger partial charge in [-0.2, -0.15) is 0 Å². The second kappa shape index (κ2) is 6.46. The van der Waals surface area contributed by atoms with Crippen molar-refractivity contribution in [1.82, 2.24) is 4.90 Å². The Kier molecular flexibility index (Phi) is 4.66. The molecule has 0 heterocycles. The van der Waals surface area contributed by atoms with Crippen LogP contribution in [-0.2, 0) is 0 Å². The first-order chi connectivity index (χ1) is 9.67. The maximum absolute atomic E-state index is 12.8. The lowest BCUT2D eigenvalue weighted by atomic mass is 10.1. The minimum atomic E-state index is -0.0341. The molecular weight excluding hydrogens is 252 g/mol. The van der Waals surface area contributed by atoms with Gasteiger partial charge in [0.2, 0.25) is 0 Å². The number of nitrogen functional groups attached to an aromatic ring is 1. The molecule has 0 radical (unpaired) electrons. The molecule has 0 unspecified atom stereocenters. The number of ether oxygens (including phenoxy) is 1. The van der Waals surface area contributed by atoms with Gasteiger partial charge in [-0.1, -0.05) is 18.9 Å². The molecule has 4 nitrogen and oxygen atoms in total. The minimum absolute atomic E-state index is 0.0341. The number of amides is 1. The Morgan fingerprint density at radius 1 is 1.50 bits per heavy atom. The third-order valence-corrected chi connectivity index (χ3v) is 3.84. The molecule has 2 rings (SSSR count). The molecule has 1 aromatic rings. The molecule has 0 spiro atoms. The van der Waals surface area contributed by atoms with E-state index in [1.54, 1.807) is 31.4 Å². The second-order valence-corrected chi connectivity index (χ2v) is 5.14. The van der Waals surface area contributed by atoms with Gasteiger partial charge in [-0.25, -0.2) is 0 Å². The molecule has 0 bridgehead atoms. The largest absolute Gasteiger partial charge is 0.497 e. The normalized spacial score (nSPS) is 15.1. The standard InChI is InChI=1S/C16H22N2O2/c1-3-10-18(12-6-4-5-7-12)16(19)14-11-13(20-2)8-9-15(14)17/h3,8-9,11-12H,1,4-7,10,17H2,2H3. The van der Waals surface area contributed by atoms with Gasteiger partial charge in [0.05, 0.1) is 12.7 Å². The molecule has 1 saturated carbocycles. The first-order valence-electron chi connectivity index (χ1n) is 7.02. The highest BCUT2D eigenvalue weighted by atomic mass is 16.5. The zero-order chi connectivity index (χ0) is 14.5. The van der Waals surface area contributed by atoms with Crippen LogP contribution in [0.1, 0.15) is 36.0 Å². The molecule has 1 aliphatic carbocycles. The molecule has 4 heteroatoms. The quantitative estimate of drug-likeness (QED) is 0.663. The summed E-state index contributed by atoms with van der Waals surface area (Å²) in [4.78, 5) is 14.6. The first kappa shape index (κ1) is 14.4. The van der Waals surface area contributed by atoms with E-state index in [1.807, 2.05) is 4.90 Å². The number of nitrogens with zero attached hydrogens (tertiary/aromatic N) is 1. The van der Waals surface area contributed by atoms with Gasteiger partial charge in [-0.15, -0.1) is 6.58 Å². The summed E-state index contributed by atoms with van der Waals surface area (Å²) in [6.07, 6.45) is 6.25. The van der Waals surface area contributed by atoms with Crippen molar-refractivity contribution >= 4 is 11.6 Å². The monoisotopic (exact) mass is 274 g/mol. The van der Waals surface area contributed by atoms with Gasteiger partial charge >= 0.3 is 0 Å². The highest BCUT2D eigenvalue weighted by Gasteiger charge is 2.27. The van der Waals surface area contributed by atoms with E-state index in [1.165, 1.54) is 12.8 Å². The van der Waals surface area contributed by atoms with E-state index in [0.717, 1.165) is 12.8 Å². The van der Waals surface area contributed by atoms with Gasteiger partial charge in [-0.3, -0.25) is 4.79 Å². The van der Waals surface area contributed by atoms with E-state index in [0.29, 0.717) is 29.6 Å². The zero-order valence-corrected chi connectivity index (χ0v) is 12.0. The van der Waals surface area contributed by atoms with Crippen LogP contribution < -0.4 is 10.5 Å². The molecule has 0 atom stereocenters. The van der Waals surface area contributed by atoms with Gasteiger partial charge in [0.15, 0.2) is 0 Å². The number of carbonyl (C=O) groups is 1. The first-order valence-corrected chi connectivity index (χ1v) is 7.02. The molecule has 0 aliphatic heterocycles. The molecule has 1 fully saturated rings. The third-order valence-electron chi connectivity index (χ3n) is 3.84. The van der Waals surface area contributed by atoms with Crippen LogP contribution in [0, 0.1) is 0 Å². The summed E-state index contributed by atoms with van der Waals surface area (Å²) >= 11 is 0. The van der Waals surface area contributed by atoms with Crippen molar-refractivity contribution < 1.29 is 9.53 Å². The molecular formula is C16H22N2O2. The maximum Gasteiger partial charge on any atom is 0.256 e. The topological polar surface area (TPSA) is 55.6 Å². The Hall–Kier alpha value is -1.97. The molecule has 2 N–H and O–H groups in total. The Morgan fingerprint density at radius 3 is 2.80 bits per heavy atom. The van der Waals surface area contributed by atoms with Crippen LogP contribution in [0.25, 0.3) is 0 Å². The van der Waals surface area contributed by atoms with Crippen LogP contribution >= 0.6 is 0 Å². The van der Waals surface area contributed by atoms with Gasteiger partial charge in [0.25, 0.3) is 5.91 Å². The third kappa shape index (κ3) is 2.95. The summed E-state index contributed by atoms with van der Waals surface area (Å²) in [5.41, 5.74) is 6.95. The number of hydrogen-bond donors (Lipinski definition) is 1. The van der Waals surface area contributed by atoms with E-state index < -0.39 is 0 Å². The lowest BCUT2D eigenvalue weighted by Gasteiger charge is -2.28. The Bertz CT molecular complexity index is 493. The van der Waals surface area contributed by atoms with Gasteiger partial charge in [0.1, 0.15) is 5.75 Å². The number of benzene rings is 1. The lowest BCUT2D eigenvalue weighted by Crippen LogP contribution is -2.39. The Morgan fingerprint density at radius 2 is 2.20 bits per heavy atom. The summed E-state index contributed by atoms with van der Waals surface area (Å²) in [6, 6.07) is 5.49. The van der Waals surface area contributed by atoms with Crippen LogP contribution in [0.5, 0.6) is 5.75 Å². The number of anilines is 1. The minimum Gasteiger partial charge on any atom is -0.497 e. The van der Waals surface area contributed by atoms with Crippen LogP contribution in [-0.4, -0.2) is 30.5 Å². The SMILES string of the molecule is C=CCN(C(=O)c1cc(OC)ccc1N)C1CCCC1.